The van der Waals surface area contributed by atoms with Gasteiger partial charge in [-0.1, -0.05) is 31.1 Å². The van der Waals surface area contributed by atoms with Gasteiger partial charge in [-0.05, 0) is 30.0 Å². The first-order valence-electron chi connectivity index (χ1n) is 7.01. The Balaban J connectivity index is 1.88. The van der Waals surface area contributed by atoms with Gasteiger partial charge in [-0.3, -0.25) is 0 Å². The normalized spacial score (nSPS) is 17.0. The average Bonchev–Trinajstić information content (AvgIpc) is 3.05. The molecule has 3 rings (SSSR count). The molecular formula is C15H17N3O3. The summed E-state index contributed by atoms with van der Waals surface area (Å²) >= 11 is 0. The van der Waals surface area contributed by atoms with Gasteiger partial charge in [-0.25, -0.2) is 4.79 Å². The summed E-state index contributed by atoms with van der Waals surface area (Å²) in [5.41, 5.74) is 3.08. The minimum absolute atomic E-state index is 0.122. The lowest BCUT2D eigenvalue weighted by atomic mass is 10.0. The third kappa shape index (κ3) is 2.61. The van der Waals surface area contributed by atoms with Crippen molar-refractivity contribution in [1.82, 2.24) is 15.5 Å². The fourth-order valence-corrected chi connectivity index (χ4v) is 2.64. The number of carbonyl (C=O) groups is 1. The molecule has 0 radical (unpaired) electrons. The minimum atomic E-state index is -0.989. The summed E-state index contributed by atoms with van der Waals surface area (Å²) < 4.78 is 5.22. The van der Waals surface area contributed by atoms with Gasteiger partial charge in [0.2, 0.25) is 11.7 Å². The summed E-state index contributed by atoms with van der Waals surface area (Å²) in [6.45, 7) is 4.00. The number of hydrogen-bond acceptors (Lipinski definition) is 4. The molecule has 1 unspecified atom stereocenters. The maximum Gasteiger partial charge on any atom is 0.405 e. The first-order valence-corrected chi connectivity index (χ1v) is 7.01. The highest BCUT2D eigenvalue weighted by atomic mass is 16.5. The Kier molecular flexibility index (Phi) is 3.37. The van der Waals surface area contributed by atoms with E-state index in [2.05, 4.69) is 15.5 Å². The molecule has 6 nitrogen and oxygen atoms in total. The second-order valence-corrected chi connectivity index (χ2v) is 5.57. The van der Waals surface area contributed by atoms with Crippen molar-refractivity contribution < 1.29 is 14.4 Å². The lowest BCUT2D eigenvalue weighted by molar-refractivity contribution is 0.190. The SMILES string of the molecule is CC(C)c1nc(-c2ccc3c(c2)CCC3NC(=O)O)no1. The van der Waals surface area contributed by atoms with Crippen LogP contribution in [-0.2, 0) is 6.42 Å². The lowest BCUT2D eigenvalue weighted by Gasteiger charge is -2.11. The number of nitrogens with zero attached hydrogens (tertiary/aromatic N) is 2. The van der Waals surface area contributed by atoms with Crippen LogP contribution in [0.15, 0.2) is 22.7 Å². The summed E-state index contributed by atoms with van der Waals surface area (Å²) in [5, 5.41) is 15.4. The number of aromatic nitrogens is 2. The van der Waals surface area contributed by atoms with Crippen LogP contribution in [0.2, 0.25) is 0 Å². The van der Waals surface area contributed by atoms with Crippen LogP contribution in [0.1, 0.15) is 49.2 Å². The van der Waals surface area contributed by atoms with Crippen molar-refractivity contribution in [1.29, 1.82) is 0 Å². The molecule has 0 saturated heterocycles. The monoisotopic (exact) mass is 287 g/mol. The summed E-state index contributed by atoms with van der Waals surface area (Å²) in [6.07, 6.45) is 0.647. The van der Waals surface area contributed by atoms with Crippen molar-refractivity contribution in [2.24, 2.45) is 0 Å². The van der Waals surface area contributed by atoms with Crippen LogP contribution < -0.4 is 5.32 Å². The number of rotatable bonds is 3. The van der Waals surface area contributed by atoms with E-state index in [1.165, 1.54) is 0 Å². The summed E-state index contributed by atoms with van der Waals surface area (Å²) in [4.78, 5) is 15.2. The molecule has 21 heavy (non-hydrogen) atoms. The molecule has 1 heterocycles. The van der Waals surface area contributed by atoms with E-state index in [1.54, 1.807) is 0 Å². The van der Waals surface area contributed by atoms with Crippen molar-refractivity contribution in [2.45, 2.75) is 38.6 Å². The van der Waals surface area contributed by atoms with Crippen LogP contribution in [0, 0.1) is 0 Å². The Bertz CT molecular complexity index is 679. The summed E-state index contributed by atoms with van der Waals surface area (Å²) in [7, 11) is 0. The Hall–Kier alpha value is -2.37. The summed E-state index contributed by atoms with van der Waals surface area (Å²) in [6, 6.07) is 5.76. The molecule has 2 aromatic rings. The number of fused-ring (bicyclic) bond motifs is 1. The second-order valence-electron chi connectivity index (χ2n) is 5.57. The highest BCUT2D eigenvalue weighted by Gasteiger charge is 2.24. The molecular weight excluding hydrogens is 270 g/mol. The maximum absolute atomic E-state index is 10.8. The zero-order chi connectivity index (χ0) is 15.0. The van der Waals surface area contributed by atoms with Gasteiger partial charge in [0.05, 0.1) is 6.04 Å². The number of carboxylic acid groups (broad SMARTS) is 1. The van der Waals surface area contributed by atoms with E-state index in [-0.39, 0.29) is 12.0 Å². The topological polar surface area (TPSA) is 88.2 Å². The lowest BCUT2D eigenvalue weighted by Crippen LogP contribution is -2.24. The van der Waals surface area contributed by atoms with Gasteiger partial charge in [0, 0.05) is 11.5 Å². The second kappa shape index (κ2) is 5.20. The molecule has 6 heteroatoms. The zero-order valence-electron chi connectivity index (χ0n) is 12.0. The molecule has 2 N–H and O–H groups in total. The molecule has 0 spiro atoms. The fraction of sp³-hybridized carbons (Fsp3) is 0.400. The first kappa shape index (κ1) is 13.6. The van der Waals surface area contributed by atoms with Crippen LogP contribution in [0.3, 0.4) is 0 Å². The smallest absolute Gasteiger partial charge is 0.405 e. The number of nitrogens with one attached hydrogen (secondary N) is 1. The Morgan fingerprint density at radius 2 is 2.29 bits per heavy atom. The molecule has 1 aromatic carbocycles. The molecule has 1 amide bonds. The number of hydrogen-bond donors (Lipinski definition) is 2. The molecule has 0 bridgehead atoms. The third-order valence-electron chi connectivity index (χ3n) is 3.71. The first-order chi connectivity index (χ1) is 10.0. The Labute approximate surface area is 122 Å². The number of amides is 1. The summed E-state index contributed by atoms with van der Waals surface area (Å²) in [5.74, 6) is 1.40. The van der Waals surface area contributed by atoms with E-state index >= 15 is 0 Å². The molecule has 1 aliphatic rings. The molecule has 1 atom stereocenters. The van der Waals surface area contributed by atoms with Crippen LogP contribution >= 0.6 is 0 Å². The highest BCUT2D eigenvalue weighted by molar-refractivity contribution is 5.66. The van der Waals surface area contributed by atoms with Crippen LogP contribution in [-0.4, -0.2) is 21.3 Å². The number of aryl methyl sites for hydroxylation is 1. The van der Waals surface area contributed by atoms with Crippen molar-refractivity contribution in [3.05, 3.63) is 35.2 Å². The molecule has 0 fully saturated rings. The largest absolute Gasteiger partial charge is 0.465 e. The van der Waals surface area contributed by atoms with Gasteiger partial charge in [-0.2, -0.15) is 4.98 Å². The van der Waals surface area contributed by atoms with Crippen LogP contribution in [0.4, 0.5) is 4.79 Å². The molecule has 110 valence electrons. The standard InChI is InChI=1S/C15H17N3O3/c1-8(2)14-17-13(18-21-14)10-3-5-11-9(7-10)4-6-12(11)16-15(19)20/h3,5,7-8,12,16H,4,6H2,1-2H3,(H,19,20). The van der Waals surface area contributed by atoms with E-state index in [0.717, 1.165) is 29.5 Å². The van der Waals surface area contributed by atoms with Crippen molar-refractivity contribution in [3.63, 3.8) is 0 Å². The predicted octanol–water partition coefficient (Wildman–Crippen LogP) is 3.11. The van der Waals surface area contributed by atoms with E-state index in [9.17, 15) is 4.79 Å². The van der Waals surface area contributed by atoms with Crippen LogP contribution in [0.25, 0.3) is 11.4 Å². The molecule has 1 aliphatic carbocycles. The average molecular weight is 287 g/mol. The van der Waals surface area contributed by atoms with E-state index in [1.807, 2.05) is 32.0 Å². The Morgan fingerprint density at radius 1 is 1.48 bits per heavy atom. The fourth-order valence-electron chi connectivity index (χ4n) is 2.64. The van der Waals surface area contributed by atoms with E-state index in [0.29, 0.717) is 11.7 Å². The molecule has 0 aliphatic heterocycles. The van der Waals surface area contributed by atoms with Crippen molar-refractivity contribution in [2.75, 3.05) is 0 Å². The van der Waals surface area contributed by atoms with Gasteiger partial charge in [0.25, 0.3) is 0 Å². The van der Waals surface area contributed by atoms with Gasteiger partial charge in [-0.15, -0.1) is 0 Å². The van der Waals surface area contributed by atoms with Gasteiger partial charge in [0.1, 0.15) is 0 Å². The van der Waals surface area contributed by atoms with Gasteiger partial charge < -0.3 is 14.9 Å². The van der Waals surface area contributed by atoms with Gasteiger partial charge in [0.15, 0.2) is 0 Å². The minimum Gasteiger partial charge on any atom is -0.465 e. The van der Waals surface area contributed by atoms with E-state index in [4.69, 9.17) is 9.63 Å². The molecule has 1 aromatic heterocycles. The van der Waals surface area contributed by atoms with Gasteiger partial charge >= 0.3 is 6.09 Å². The quantitative estimate of drug-likeness (QED) is 0.905. The molecule has 0 saturated carbocycles. The van der Waals surface area contributed by atoms with Crippen LogP contribution in [0.5, 0.6) is 0 Å². The zero-order valence-corrected chi connectivity index (χ0v) is 12.0. The third-order valence-corrected chi connectivity index (χ3v) is 3.71. The maximum atomic E-state index is 10.8. The van der Waals surface area contributed by atoms with Crippen molar-refractivity contribution in [3.8, 4) is 11.4 Å². The van der Waals surface area contributed by atoms with Crippen molar-refractivity contribution >= 4 is 6.09 Å². The highest BCUT2D eigenvalue weighted by Crippen LogP contribution is 2.33. The predicted molar refractivity (Wildman–Crippen MR) is 76.0 cm³/mol. The van der Waals surface area contributed by atoms with E-state index < -0.39 is 6.09 Å². The number of benzene rings is 1. The Morgan fingerprint density at radius 3 is 2.95 bits per heavy atom.